The average molecular weight is 230 g/mol. The number of hydrogen-bond donors (Lipinski definition) is 0. The minimum Gasteiger partial charge on any atom is -0.487 e. The lowest BCUT2D eigenvalue weighted by Crippen LogP contribution is -2.18. The van der Waals surface area contributed by atoms with E-state index in [0.717, 1.165) is 12.1 Å². The minimum atomic E-state index is -0.795. The van der Waals surface area contributed by atoms with Crippen LogP contribution >= 0.6 is 0 Å². The van der Waals surface area contributed by atoms with Crippen LogP contribution in [0.4, 0.5) is 8.78 Å². The van der Waals surface area contributed by atoms with Gasteiger partial charge in [-0.2, -0.15) is 0 Å². The van der Waals surface area contributed by atoms with Gasteiger partial charge in [-0.05, 0) is 19.1 Å². The summed E-state index contributed by atoms with van der Waals surface area (Å²) in [4.78, 5) is 10.9. The fourth-order valence-corrected chi connectivity index (χ4v) is 1.15. The van der Waals surface area contributed by atoms with Crippen molar-refractivity contribution in [1.29, 1.82) is 0 Å². The molecule has 0 aliphatic heterocycles. The van der Waals surface area contributed by atoms with Gasteiger partial charge >= 0.3 is 5.97 Å². The standard InChI is InChI=1S/C11H12F2O3/c1-7(5-11(14)15-2)16-10-4-3-8(12)6-9(10)13/h3-4,6-7H,5H2,1-2H3. The molecule has 0 aliphatic rings. The van der Waals surface area contributed by atoms with Crippen molar-refractivity contribution in [3.63, 3.8) is 0 Å². The predicted molar refractivity (Wildman–Crippen MR) is 53.1 cm³/mol. The lowest BCUT2D eigenvalue weighted by Gasteiger charge is -2.13. The molecule has 0 saturated carbocycles. The van der Waals surface area contributed by atoms with Crippen molar-refractivity contribution < 1.29 is 23.0 Å². The van der Waals surface area contributed by atoms with Gasteiger partial charge in [0.1, 0.15) is 11.9 Å². The van der Waals surface area contributed by atoms with Gasteiger partial charge in [-0.1, -0.05) is 0 Å². The topological polar surface area (TPSA) is 35.5 Å². The summed E-state index contributed by atoms with van der Waals surface area (Å²) in [7, 11) is 1.26. The van der Waals surface area contributed by atoms with Crippen molar-refractivity contribution in [1.82, 2.24) is 0 Å². The number of hydrogen-bond acceptors (Lipinski definition) is 3. The fraction of sp³-hybridized carbons (Fsp3) is 0.364. The van der Waals surface area contributed by atoms with Crippen molar-refractivity contribution in [3.05, 3.63) is 29.8 Å². The predicted octanol–water partition coefficient (Wildman–Crippen LogP) is 2.30. The molecule has 1 atom stereocenters. The Morgan fingerprint density at radius 3 is 2.69 bits per heavy atom. The third-order valence-corrected chi connectivity index (χ3v) is 1.90. The molecule has 1 aromatic rings. The molecule has 16 heavy (non-hydrogen) atoms. The van der Waals surface area contributed by atoms with Crippen molar-refractivity contribution in [2.24, 2.45) is 0 Å². The molecule has 1 rings (SSSR count). The number of methoxy groups -OCH3 is 1. The van der Waals surface area contributed by atoms with Gasteiger partial charge in [0, 0.05) is 6.07 Å². The van der Waals surface area contributed by atoms with Crippen molar-refractivity contribution in [2.75, 3.05) is 7.11 Å². The molecule has 0 aliphatic carbocycles. The summed E-state index contributed by atoms with van der Waals surface area (Å²) in [5, 5.41) is 0. The third kappa shape index (κ3) is 3.49. The molecule has 0 amide bonds. The maximum atomic E-state index is 13.1. The lowest BCUT2D eigenvalue weighted by molar-refractivity contribution is -0.142. The number of benzene rings is 1. The van der Waals surface area contributed by atoms with Gasteiger partial charge in [0.2, 0.25) is 0 Å². The van der Waals surface area contributed by atoms with E-state index < -0.39 is 23.7 Å². The average Bonchev–Trinajstić information content (AvgIpc) is 2.22. The molecule has 0 bridgehead atoms. The highest BCUT2D eigenvalue weighted by molar-refractivity contribution is 5.69. The Labute approximate surface area is 92.0 Å². The fourth-order valence-electron chi connectivity index (χ4n) is 1.15. The molecular formula is C11H12F2O3. The molecule has 3 nitrogen and oxygen atoms in total. The van der Waals surface area contributed by atoms with Gasteiger partial charge in [-0.25, -0.2) is 8.78 Å². The first-order chi connectivity index (χ1) is 7.52. The summed E-state index contributed by atoms with van der Waals surface area (Å²) in [6.45, 7) is 1.60. The Morgan fingerprint density at radius 2 is 2.12 bits per heavy atom. The van der Waals surface area contributed by atoms with Crippen LogP contribution in [0, 0.1) is 11.6 Å². The van der Waals surface area contributed by atoms with Gasteiger partial charge in [0.15, 0.2) is 11.6 Å². The second-order valence-corrected chi connectivity index (χ2v) is 3.28. The van der Waals surface area contributed by atoms with E-state index in [4.69, 9.17) is 4.74 Å². The second kappa shape index (κ2) is 5.44. The van der Waals surface area contributed by atoms with Crippen LogP contribution < -0.4 is 4.74 Å². The van der Waals surface area contributed by atoms with E-state index in [1.165, 1.54) is 13.2 Å². The Bertz CT molecular complexity index is 379. The van der Waals surface area contributed by atoms with E-state index in [-0.39, 0.29) is 12.2 Å². The van der Waals surface area contributed by atoms with Crippen molar-refractivity contribution in [3.8, 4) is 5.75 Å². The van der Waals surface area contributed by atoms with E-state index in [2.05, 4.69) is 4.74 Å². The lowest BCUT2D eigenvalue weighted by atomic mass is 10.2. The van der Waals surface area contributed by atoms with Gasteiger partial charge in [-0.15, -0.1) is 0 Å². The molecule has 0 radical (unpaired) electrons. The molecule has 0 fully saturated rings. The van der Waals surface area contributed by atoms with Crippen LogP contribution in [0.2, 0.25) is 0 Å². The van der Waals surface area contributed by atoms with E-state index in [0.29, 0.717) is 0 Å². The maximum Gasteiger partial charge on any atom is 0.309 e. The quantitative estimate of drug-likeness (QED) is 0.744. The molecule has 0 heterocycles. The Hall–Kier alpha value is -1.65. The Balaban J connectivity index is 2.62. The zero-order chi connectivity index (χ0) is 12.1. The molecule has 0 aromatic heterocycles. The number of esters is 1. The Morgan fingerprint density at radius 1 is 1.44 bits per heavy atom. The summed E-state index contributed by atoms with van der Waals surface area (Å²) >= 11 is 0. The number of ether oxygens (including phenoxy) is 2. The first kappa shape index (κ1) is 12.4. The number of carbonyl (C=O) groups excluding carboxylic acids is 1. The van der Waals surface area contributed by atoms with Gasteiger partial charge in [0.25, 0.3) is 0 Å². The van der Waals surface area contributed by atoms with E-state index in [1.807, 2.05) is 0 Å². The highest BCUT2D eigenvalue weighted by Crippen LogP contribution is 2.19. The van der Waals surface area contributed by atoms with Crippen LogP contribution in [0.15, 0.2) is 18.2 Å². The third-order valence-electron chi connectivity index (χ3n) is 1.90. The summed E-state index contributed by atoms with van der Waals surface area (Å²) in [6.07, 6.45) is -0.528. The van der Waals surface area contributed by atoms with Gasteiger partial charge < -0.3 is 9.47 Å². The molecular weight excluding hydrogens is 218 g/mol. The Kier molecular flexibility index (Phi) is 4.22. The zero-order valence-electron chi connectivity index (χ0n) is 9.00. The van der Waals surface area contributed by atoms with E-state index in [1.54, 1.807) is 6.92 Å². The molecule has 88 valence electrons. The second-order valence-electron chi connectivity index (χ2n) is 3.28. The van der Waals surface area contributed by atoms with Crippen LogP contribution in [0.1, 0.15) is 13.3 Å². The molecule has 5 heteroatoms. The molecule has 0 saturated heterocycles. The van der Waals surface area contributed by atoms with Crippen LogP contribution in [0.25, 0.3) is 0 Å². The van der Waals surface area contributed by atoms with Crippen molar-refractivity contribution in [2.45, 2.75) is 19.4 Å². The van der Waals surface area contributed by atoms with Crippen LogP contribution in [-0.2, 0) is 9.53 Å². The van der Waals surface area contributed by atoms with Crippen LogP contribution in [0.5, 0.6) is 5.75 Å². The summed E-state index contributed by atoms with van der Waals surface area (Å²) in [5.74, 6) is -2.00. The summed E-state index contributed by atoms with van der Waals surface area (Å²) in [6, 6.07) is 2.99. The normalized spacial score (nSPS) is 12.0. The van der Waals surface area contributed by atoms with E-state index in [9.17, 15) is 13.6 Å². The van der Waals surface area contributed by atoms with Crippen molar-refractivity contribution >= 4 is 5.97 Å². The molecule has 0 spiro atoms. The largest absolute Gasteiger partial charge is 0.487 e. The number of halogens is 2. The summed E-state index contributed by atoms with van der Waals surface area (Å²) < 4.78 is 35.3. The molecule has 1 unspecified atom stereocenters. The van der Waals surface area contributed by atoms with Crippen LogP contribution in [0.3, 0.4) is 0 Å². The number of carbonyl (C=O) groups is 1. The first-order valence-corrected chi connectivity index (χ1v) is 4.71. The monoisotopic (exact) mass is 230 g/mol. The maximum absolute atomic E-state index is 13.1. The SMILES string of the molecule is COC(=O)CC(C)Oc1ccc(F)cc1F. The van der Waals surface area contributed by atoms with Crippen LogP contribution in [-0.4, -0.2) is 19.2 Å². The highest BCUT2D eigenvalue weighted by atomic mass is 19.1. The van der Waals surface area contributed by atoms with Gasteiger partial charge in [-0.3, -0.25) is 4.79 Å². The molecule has 1 aromatic carbocycles. The summed E-state index contributed by atoms with van der Waals surface area (Å²) in [5.41, 5.74) is 0. The zero-order valence-corrected chi connectivity index (χ0v) is 9.00. The minimum absolute atomic E-state index is 0.00726. The smallest absolute Gasteiger partial charge is 0.309 e. The van der Waals surface area contributed by atoms with E-state index >= 15 is 0 Å². The highest BCUT2D eigenvalue weighted by Gasteiger charge is 2.13. The first-order valence-electron chi connectivity index (χ1n) is 4.71. The number of rotatable bonds is 4. The van der Waals surface area contributed by atoms with Gasteiger partial charge in [0.05, 0.1) is 13.5 Å². The molecule has 0 N–H and O–H groups in total.